The molecule has 0 N–H and O–H groups in total. The molecule has 0 fully saturated rings. The molecule has 1 rings (SSSR count). The summed E-state index contributed by atoms with van der Waals surface area (Å²) in [6.07, 6.45) is 0. The van der Waals surface area contributed by atoms with E-state index in [2.05, 4.69) is 0 Å². The Bertz CT molecular complexity index is 480. The third-order valence-electron chi connectivity index (χ3n) is 2.58. The number of ether oxygens (including phenoxy) is 1. The fourth-order valence-corrected chi connectivity index (χ4v) is 2.91. The zero-order chi connectivity index (χ0) is 13.1. The summed E-state index contributed by atoms with van der Waals surface area (Å²) in [5, 5.41) is 0. The van der Waals surface area contributed by atoms with Crippen LogP contribution in [0.3, 0.4) is 0 Å². The van der Waals surface area contributed by atoms with Crippen molar-refractivity contribution in [2.75, 3.05) is 13.7 Å². The number of halogens is 1. The van der Waals surface area contributed by atoms with Gasteiger partial charge in [-0.2, -0.15) is 0 Å². The molecule has 1 aromatic carbocycles. The molecule has 0 amide bonds. The molecule has 3 nitrogen and oxygen atoms in total. The summed E-state index contributed by atoms with van der Waals surface area (Å²) in [5.74, 6) is -0.155. The summed E-state index contributed by atoms with van der Waals surface area (Å²) in [6, 6.07) is 7.39. The number of hydrogen-bond donors (Lipinski definition) is 0. The largest absolute Gasteiger partial charge is 0.384 e. The van der Waals surface area contributed by atoms with E-state index >= 15 is 0 Å². The van der Waals surface area contributed by atoms with Crippen LogP contribution in [0.15, 0.2) is 24.3 Å². The lowest BCUT2D eigenvalue weighted by atomic mass is 9.83. The second-order valence-corrected chi connectivity index (χ2v) is 7.43. The van der Waals surface area contributed by atoms with Crippen LogP contribution < -0.4 is 0 Å². The van der Waals surface area contributed by atoms with Gasteiger partial charge < -0.3 is 4.74 Å². The van der Waals surface area contributed by atoms with Crippen LogP contribution in [-0.4, -0.2) is 22.1 Å². The van der Waals surface area contributed by atoms with E-state index in [-0.39, 0.29) is 11.2 Å². The van der Waals surface area contributed by atoms with E-state index in [4.69, 9.17) is 15.4 Å². The normalized spacial score (nSPS) is 12.7. The Morgan fingerprint density at radius 3 is 2.41 bits per heavy atom. The van der Waals surface area contributed by atoms with E-state index < -0.39 is 9.05 Å². The van der Waals surface area contributed by atoms with Gasteiger partial charge in [0.1, 0.15) is 0 Å². The Hall–Kier alpha value is -0.580. The molecular weight excluding hydrogens is 260 g/mol. The summed E-state index contributed by atoms with van der Waals surface area (Å²) in [7, 11) is 3.39. The Balaban J connectivity index is 3.16. The van der Waals surface area contributed by atoms with Gasteiger partial charge in [-0.1, -0.05) is 38.1 Å². The van der Waals surface area contributed by atoms with Crippen LogP contribution in [0.25, 0.3) is 0 Å². The van der Waals surface area contributed by atoms with Crippen LogP contribution in [-0.2, 0) is 25.0 Å². The molecule has 96 valence electrons. The summed E-state index contributed by atoms with van der Waals surface area (Å²) >= 11 is 0. The first-order valence-corrected chi connectivity index (χ1v) is 7.74. The molecule has 0 aliphatic heterocycles. The molecule has 0 aromatic heterocycles. The first kappa shape index (κ1) is 14.5. The molecule has 5 heteroatoms. The molecule has 17 heavy (non-hydrogen) atoms. The Kier molecular flexibility index (Phi) is 4.58. The molecule has 0 saturated heterocycles. The van der Waals surface area contributed by atoms with Crippen molar-refractivity contribution < 1.29 is 13.2 Å². The van der Waals surface area contributed by atoms with Crippen molar-refractivity contribution in [3.05, 3.63) is 35.4 Å². The maximum absolute atomic E-state index is 11.2. The van der Waals surface area contributed by atoms with Gasteiger partial charge >= 0.3 is 0 Å². The maximum atomic E-state index is 11.2. The minimum Gasteiger partial charge on any atom is -0.384 e. The van der Waals surface area contributed by atoms with E-state index in [0.29, 0.717) is 6.61 Å². The monoisotopic (exact) mass is 276 g/mol. The third kappa shape index (κ3) is 4.30. The number of rotatable bonds is 5. The van der Waals surface area contributed by atoms with Gasteiger partial charge in [-0.25, -0.2) is 8.42 Å². The van der Waals surface area contributed by atoms with Crippen molar-refractivity contribution >= 4 is 19.7 Å². The second kappa shape index (κ2) is 5.38. The van der Waals surface area contributed by atoms with E-state index in [1.807, 2.05) is 32.0 Å². The highest BCUT2D eigenvalue weighted by molar-refractivity contribution is 8.13. The van der Waals surface area contributed by atoms with Crippen molar-refractivity contribution in [3.8, 4) is 0 Å². The molecule has 0 heterocycles. The summed E-state index contributed by atoms with van der Waals surface area (Å²) in [4.78, 5) is 0. The Labute approximate surface area is 107 Å². The molecule has 0 unspecified atom stereocenters. The standard InChI is InChI=1S/C12H17ClO3S/c1-12(2,9-16-3)11-7-5-4-6-10(11)8-17(13,14)15/h4-7H,8-9H2,1-3H3. The second-order valence-electron chi connectivity index (χ2n) is 4.66. The molecule has 0 bridgehead atoms. The average Bonchev–Trinajstić information content (AvgIpc) is 2.15. The van der Waals surface area contributed by atoms with E-state index in [0.717, 1.165) is 11.1 Å². The first-order chi connectivity index (χ1) is 7.76. The molecule has 0 aliphatic carbocycles. The van der Waals surface area contributed by atoms with Crippen LogP contribution in [0.5, 0.6) is 0 Å². The average molecular weight is 277 g/mol. The molecule has 0 spiro atoms. The molecular formula is C12H17ClO3S. The third-order valence-corrected chi connectivity index (χ3v) is 3.56. The zero-order valence-electron chi connectivity index (χ0n) is 10.2. The molecule has 0 saturated carbocycles. The Morgan fingerprint density at radius 1 is 1.29 bits per heavy atom. The summed E-state index contributed by atoms with van der Waals surface area (Å²) in [5.41, 5.74) is 1.43. The van der Waals surface area contributed by atoms with Gasteiger partial charge in [-0.05, 0) is 11.1 Å². The van der Waals surface area contributed by atoms with Gasteiger partial charge in [0, 0.05) is 23.2 Å². The fourth-order valence-electron chi connectivity index (χ4n) is 1.93. The lowest BCUT2D eigenvalue weighted by Crippen LogP contribution is -2.25. The van der Waals surface area contributed by atoms with Gasteiger partial charge in [0.05, 0.1) is 12.4 Å². The topological polar surface area (TPSA) is 43.4 Å². The van der Waals surface area contributed by atoms with Gasteiger partial charge in [0.2, 0.25) is 9.05 Å². The number of benzene rings is 1. The van der Waals surface area contributed by atoms with Crippen LogP contribution in [0.1, 0.15) is 25.0 Å². The fraction of sp³-hybridized carbons (Fsp3) is 0.500. The smallest absolute Gasteiger partial charge is 0.236 e. The van der Waals surface area contributed by atoms with E-state index in [1.165, 1.54) is 0 Å². The van der Waals surface area contributed by atoms with Crippen LogP contribution >= 0.6 is 10.7 Å². The van der Waals surface area contributed by atoms with Crippen LogP contribution in [0.4, 0.5) is 0 Å². The highest BCUT2D eigenvalue weighted by Crippen LogP contribution is 2.28. The van der Waals surface area contributed by atoms with E-state index in [1.54, 1.807) is 13.2 Å². The van der Waals surface area contributed by atoms with Crippen LogP contribution in [0, 0.1) is 0 Å². The lowest BCUT2D eigenvalue weighted by Gasteiger charge is -2.26. The van der Waals surface area contributed by atoms with Gasteiger partial charge in [0.25, 0.3) is 0 Å². The highest BCUT2D eigenvalue weighted by Gasteiger charge is 2.24. The number of methoxy groups -OCH3 is 1. The first-order valence-electron chi connectivity index (χ1n) is 5.26. The van der Waals surface area contributed by atoms with Crippen molar-refractivity contribution in [2.45, 2.75) is 25.0 Å². The van der Waals surface area contributed by atoms with E-state index in [9.17, 15) is 8.42 Å². The predicted molar refractivity (Wildman–Crippen MR) is 69.8 cm³/mol. The quantitative estimate of drug-likeness (QED) is 0.777. The molecule has 0 atom stereocenters. The van der Waals surface area contributed by atoms with Crippen molar-refractivity contribution in [1.82, 2.24) is 0 Å². The van der Waals surface area contributed by atoms with Gasteiger partial charge in [-0.15, -0.1) is 0 Å². The van der Waals surface area contributed by atoms with Crippen molar-refractivity contribution in [2.24, 2.45) is 0 Å². The molecule has 0 aliphatic rings. The zero-order valence-corrected chi connectivity index (χ0v) is 11.8. The Morgan fingerprint density at radius 2 is 1.88 bits per heavy atom. The summed E-state index contributed by atoms with van der Waals surface area (Å²) < 4.78 is 27.5. The minimum absolute atomic E-state index is 0.155. The SMILES string of the molecule is COCC(C)(C)c1ccccc1CS(=O)(=O)Cl. The number of hydrogen-bond acceptors (Lipinski definition) is 3. The molecule has 1 aromatic rings. The van der Waals surface area contributed by atoms with Crippen molar-refractivity contribution in [1.29, 1.82) is 0 Å². The lowest BCUT2D eigenvalue weighted by molar-refractivity contribution is 0.146. The predicted octanol–water partition coefficient (Wildman–Crippen LogP) is 2.68. The maximum Gasteiger partial charge on any atom is 0.236 e. The summed E-state index contributed by atoms with van der Waals surface area (Å²) in [6.45, 7) is 4.54. The van der Waals surface area contributed by atoms with Gasteiger partial charge in [0.15, 0.2) is 0 Å². The van der Waals surface area contributed by atoms with Crippen LogP contribution in [0.2, 0.25) is 0 Å². The van der Waals surface area contributed by atoms with Gasteiger partial charge in [-0.3, -0.25) is 0 Å². The molecule has 0 radical (unpaired) electrons. The van der Waals surface area contributed by atoms with Crippen molar-refractivity contribution in [3.63, 3.8) is 0 Å². The highest BCUT2D eigenvalue weighted by atomic mass is 35.7. The minimum atomic E-state index is -3.54.